The zero-order chi connectivity index (χ0) is 26.3. The smallest absolute Gasteiger partial charge is 0.252 e. The molecular formula is C25H16ClF3N8O. The number of fused-ring (bicyclic) bond motifs is 3. The predicted molar refractivity (Wildman–Crippen MR) is 131 cm³/mol. The SMILES string of the molecule is Nc1ccc(-c2[nH]c([C@@H]3[C@H]4C[C@H]4c4cc(-c5cc(Cl)ccc5-n5cnnn5)cc(=O)n43)nc2F)c(F)c1F. The van der Waals surface area contributed by atoms with Gasteiger partial charge >= 0.3 is 0 Å². The van der Waals surface area contributed by atoms with Crippen LogP contribution in [-0.2, 0) is 0 Å². The summed E-state index contributed by atoms with van der Waals surface area (Å²) in [5, 5.41) is 11.8. The monoisotopic (exact) mass is 536 g/mol. The Labute approximate surface area is 216 Å². The molecule has 4 heterocycles. The maximum atomic E-state index is 14.9. The first kappa shape index (κ1) is 22.7. The molecule has 190 valence electrons. The second-order valence-corrected chi connectivity index (χ2v) is 9.80. The zero-order valence-electron chi connectivity index (χ0n) is 19.2. The van der Waals surface area contributed by atoms with Crippen LogP contribution in [0.15, 0.2) is 53.6 Å². The molecule has 1 saturated carbocycles. The van der Waals surface area contributed by atoms with Crippen molar-refractivity contribution in [2.45, 2.75) is 18.4 Å². The first-order chi connectivity index (χ1) is 18.3. The molecule has 2 aliphatic rings. The van der Waals surface area contributed by atoms with Gasteiger partial charge in [0.05, 0.1) is 17.4 Å². The van der Waals surface area contributed by atoms with E-state index in [2.05, 4.69) is 25.5 Å². The minimum Gasteiger partial charge on any atom is -0.396 e. The number of hydrogen-bond donors (Lipinski definition) is 2. The van der Waals surface area contributed by atoms with Crippen molar-refractivity contribution in [3.05, 3.63) is 93.3 Å². The second kappa shape index (κ2) is 8.02. The minimum absolute atomic E-state index is 0.00250. The Hall–Kier alpha value is -4.45. The number of nitrogens with one attached hydrogen (secondary N) is 1. The van der Waals surface area contributed by atoms with Crippen LogP contribution in [0.2, 0.25) is 5.02 Å². The number of benzene rings is 2. The van der Waals surface area contributed by atoms with Crippen LogP contribution in [0.5, 0.6) is 0 Å². The third kappa shape index (κ3) is 3.29. The molecule has 13 heteroatoms. The molecule has 5 aromatic rings. The Bertz CT molecular complexity index is 1820. The summed E-state index contributed by atoms with van der Waals surface area (Å²) in [6.45, 7) is 0. The van der Waals surface area contributed by atoms with Gasteiger partial charge in [-0.25, -0.2) is 13.8 Å². The molecule has 0 spiro atoms. The van der Waals surface area contributed by atoms with Crippen LogP contribution in [-0.4, -0.2) is 34.7 Å². The van der Waals surface area contributed by atoms with Crippen molar-refractivity contribution >= 4 is 17.3 Å². The van der Waals surface area contributed by atoms with E-state index in [1.54, 1.807) is 22.8 Å². The molecule has 7 rings (SSSR count). The van der Waals surface area contributed by atoms with Gasteiger partial charge in [-0.1, -0.05) is 11.6 Å². The van der Waals surface area contributed by atoms with Gasteiger partial charge in [0.2, 0.25) is 5.95 Å². The van der Waals surface area contributed by atoms with Crippen LogP contribution < -0.4 is 11.3 Å². The van der Waals surface area contributed by atoms with Gasteiger partial charge in [-0.2, -0.15) is 9.07 Å². The number of aromatic amines is 1. The molecule has 2 aromatic carbocycles. The highest BCUT2D eigenvalue weighted by Crippen LogP contribution is 2.60. The largest absolute Gasteiger partial charge is 0.396 e. The summed E-state index contributed by atoms with van der Waals surface area (Å²) in [5.74, 6) is -3.32. The summed E-state index contributed by atoms with van der Waals surface area (Å²) in [5.41, 5.74) is 6.77. The Kier molecular flexibility index (Phi) is 4.80. The van der Waals surface area contributed by atoms with Crippen LogP contribution in [0.4, 0.5) is 18.9 Å². The molecule has 9 nitrogen and oxygen atoms in total. The number of hydrogen-bond acceptors (Lipinski definition) is 6. The molecule has 3 atom stereocenters. The molecule has 0 saturated heterocycles. The van der Waals surface area contributed by atoms with Crippen molar-refractivity contribution < 1.29 is 13.2 Å². The number of anilines is 1. The fraction of sp³-hybridized carbons (Fsp3) is 0.160. The Morgan fingerprint density at radius 2 is 1.89 bits per heavy atom. The average molecular weight is 537 g/mol. The normalized spacial score (nSPS) is 19.4. The number of halogens is 4. The van der Waals surface area contributed by atoms with E-state index < -0.39 is 23.6 Å². The number of pyridine rings is 1. The van der Waals surface area contributed by atoms with Gasteiger partial charge < -0.3 is 15.3 Å². The van der Waals surface area contributed by atoms with Gasteiger partial charge in [0.25, 0.3) is 5.56 Å². The highest BCUT2D eigenvalue weighted by atomic mass is 35.5. The molecule has 3 aromatic heterocycles. The third-order valence-corrected chi connectivity index (χ3v) is 7.44. The van der Waals surface area contributed by atoms with Crippen molar-refractivity contribution in [2.75, 3.05) is 5.73 Å². The number of nitrogen functional groups attached to an aromatic ring is 1. The highest BCUT2D eigenvalue weighted by molar-refractivity contribution is 6.31. The van der Waals surface area contributed by atoms with Gasteiger partial charge in [-0.15, -0.1) is 5.10 Å². The number of aromatic nitrogens is 7. The maximum absolute atomic E-state index is 14.9. The van der Waals surface area contributed by atoms with Crippen LogP contribution in [0, 0.1) is 23.5 Å². The number of nitrogens with two attached hydrogens (primary N) is 1. The second-order valence-electron chi connectivity index (χ2n) is 9.36. The lowest BCUT2D eigenvalue weighted by molar-refractivity contribution is 0.504. The summed E-state index contributed by atoms with van der Waals surface area (Å²) in [7, 11) is 0. The quantitative estimate of drug-likeness (QED) is 0.331. The fourth-order valence-electron chi connectivity index (χ4n) is 5.42. The van der Waals surface area contributed by atoms with E-state index in [1.807, 2.05) is 6.07 Å². The Morgan fingerprint density at radius 3 is 2.68 bits per heavy atom. The number of H-pyrrole nitrogens is 1. The van der Waals surface area contributed by atoms with E-state index in [0.29, 0.717) is 21.8 Å². The lowest BCUT2D eigenvalue weighted by Crippen LogP contribution is -2.26. The maximum Gasteiger partial charge on any atom is 0.252 e. The van der Waals surface area contributed by atoms with Crippen LogP contribution >= 0.6 is 11.6 Å². The Morgan fingerprint density at radius 1 is 1.05 bits per heavy atom. The van der Waals surface area contributed by atoms with E-state index >= 15 is 0 Å². The number of tetrazole rings is 1. The average Bonchev–Trinajstić information content (AvgIpc) is 3.20. The molecule has 1 aliphatic heterocycles. The van der Waals surface area contributed by atoms with Crippen molar-refractivity contribution in [1.82, 2.24) is 34.7 Å². The molecule has 38 heavy (non-hydrogen) atoms. The van der Waals surface area contributed by atoms with Crippen molar-refractivity contribution in [1.29, 1.82) is 0 Å². The van der Waals surface area contributed by atoms with Crippen LogP contribution in [0.3, 0.4) is 0 Å². The minimum atomic E-state index is -1.28. The predicted octanol–water partition coefficient (Wildman–Crippen LogP) is 4.24. The van der Waals surface area contributed by atoms with Gasteiger partial charge in [0, 0.05) is 33.8 Å². The van der Waals surface area contributed by atoms with Crippen LogP contribution in [0.25, 0.3) is 28.1 Å². The molecule has 3 N–H and O–H groups in total. The molecule has 1 aliphatic carbocycles. The number of rotatable bonds is 4. The molecule has 0 radical (unpaired) electrons. The van der Waals surface area contributed by atoms with Crippen LogP contribution in [0.1, 0.15) is 29.9 Å². The summed E-state index contributed by atoms with van der Waals surface area (Å²) in [4.78, 5) is 20.2. The zero-order valence-corrected chi connectivity index (χ0v) is 20.0. The molecule has 0 bridgehead atoms. The van der Waals surface area contributed by atoms with E-state index in [9.17, 15) is 18.0 Å². The first-order valence-electron chi connectivity index (χ1n) is 11.6. The van der Waals surface area contributed by atoms with Crippen molar-refractivity contribution in [3.8, 4) is 28.1 Å². The number of nitrogens with zero attached hydrogens (tertiary/aromatic N) is 6. The highest BCUT2D eigenvalue weighted by Gasteiger charge is 2.54. The van der Waals surface area contributed by atoms with Gasteiger partial charge in [0.1, 0.15) is 17.8 Å². The summed E-state index contributed by atoms with van der Waals surface area (Å²) < 4.78 is 46.5. The summed E-state index contributed by atoms with van der Waals surface area (Å²) in [6.07, 6.45) is 2.21. The van der Waals surface area contributed by atoms with E-state index in [4.69, 9.17) is 17.3 Å². The number of imidazole rings is 1. The summed E-state index contributed by atoms with van der Waals surface area (Å²) in [6, 6.07) is 10.3. The molecule has 0 amide bonds. The lowest BCUT2D eigenvalue weighted by atomic mass is 10.0. The van der Waals surface area contributed by atoms with E-state index in [1.165, 1.54) is 23.1 Å². The standard InChI is InChI=1S/C25H16ClF3N8O/c26-11-1-4-17(36-9-31-34-35-36)13(7-11)10-5-18-14-8-15(14)23(37(18)19(38)6-10)25-32-22(24(29)33-25)12-2-3-16(30)21(28)20(12)27/h1-7,9,14-15,23H,8,30H2,(H,32,33)/t14-,15+,23+/m1/s1. The van der Waals surface area contributed by atoms with E-state index in [0.717, 1.165) is 18.2 Å². The van der Waals surface area contributed by atoms with Crippen molar-refractivity contribution in [3.63, 3.8) is 0 Å². The summed E-state index contributed by atoms with van der Waals surface area (Å²) >= 11 is 6.27. The van der Waals surface area contributed by atoms with Gasteiger partial charge in [-0.3, -0.25) is 4.79 Å². The van der Waals surface area contributed by atoms with E-state index in [-0.39, 0.29) is 40.2 Å². The Balaban J connectivity index is 1.33. The van der Waals surface area contributed by atoms with Gasteiger partial charge in [-0.05, 0) is 64.7 Å². The van der Waals surface area contributed by atoms with Gasteiger partial charge in [0.15, 0.2) is 11.6 Å². The third-order valence-electron chi connectivity index (χ3n) is 7.21. The first-order valence-corrected chi connectivity index (χ1v) is 12.0. The lowest BCUT2D eigenvalue weighted by Gasteiger charge is -2.17. The molecule has 0 unspecified atom stereocenters. The molecular weight excluding hydrogens is 521 g/mol. The van der Waals surface area contributed by atoms with Crippen molar-refractivity contribution in [2.24, 2.45) is 5.92 Å². The topological polar surface area (TPSA) is 120 Å². The fourth-order valence-corrected chi connectivity index (χ4v) is 5.59. The molecule has 1 fully saturated rings.